The molecule has 104 valence electrons. The van der Waals surface area contributed by atoms with E-state index in [0.717, 1.165) is 18.0 Å². The van der Waals surface area contributed by atoms with E-state index in [0.29, 0.717) is 25.2 Å². The summed E-state index contributed by atoms with van der Waals surface area (Å²) in [6, 6.07) is 6.25. The number of rotatable bonds is 3. The molecular formula is C15H22N2O2. The van der Waals surface area contributed by atoms with Crippen LogP contribution in [0.15, 0.2) is 18.2 Å². The number of nitrogens with zero attached hydrogens (tertiary/aromatic N) is 1. The van der Waals surface area contributed by atoms with E-state index in [4.69, 9.17) is 15.2 Å². The third-order valence-corrected chi connectivity index (χ3v) is 4.31. The Balaban J connectivity index is 1.81. The molecule has 1 aromatic rings. The second-order valence-corrected chi connectivity index (χ2v) is 5.62. The van der Waals surface area contributed by atoms with Crippen molar-refractivity contribution in [1.82, 2.24) is 4.90 Å². The summed E-state index contributed by atoms with van der Waals surface area (Å²) in [7, 11) is 2.19. The second kappa shape index (κ2) is 5.39. The first-order valence-electron chi connectivity index (χ1n) is 7.06. The van der Waals surface area contributed by atoms with Crippen LogP contribution in [-0.4, -0.2) is 38.4 Å². The smallest absolute Gasteiger partial charge is 0.231 e. The molecule has 0 radical (unpaired) electrons. The maximum absolute atomic E-state index is 6.04. The Bertz CT molecular complexity index is 450. The fourth-order valence-electron chi connectivity index (χ4n) is 3.28. The van der Waals surface area contributed by atoms with Gasteiger partial charge in [-0.1, -0.05) is 6.07 Å². The van der Waals surface area contributed by atoms with E-state index in [-0.39, 0.29) is 0 Å². The average molecular weight is 262 g/mol. The monoisotopic (exact) mass is 262 g/mol. The Hall–Kier alpha value is -1.26. The standard InChI is InChI=1S/C15H22N2O2/c1-17-6-2-3-12(9-17)13(8-16)11-4-5-14-15(7-11)19-10-18-14/h4-5,7,12-13H,2-3,6,8-10,16H2,1H3. The van der Waals surface area contributed by atoms with Gasteiger partial charge in [0, 0.05) is 12.5 Å². The van der Waals surface area contributed by atoms with E-state index in [1.165, 1.54) is 24.9 Å². The maximum Gasteiger partial charge on any atom is 0.231 e. The van der Waals surface area contributed by atoms with Gasteiger partial charge in [-0.15, -0.1) is 0 Å². The van der Waals surface area contributed by atoms with Gasteiger partial charge in [0.05, 0.1) is 0 Å². The van der Waals surface area contributed by atoms with Crippen molar-refractivity contribution in [2.75, 3.05) is 33.5 Å². The number of ether oxygens (including phenoxy) is 2. The molecule has 0 spiro atoms. The lowest BCUT2D eigenvalue weighted by molar-refractivity contribution is 0.173. The Morgan fingerprint density at radius 2 is 2.21 bits per heavy atom. The molecule has 19 heavy (non-hydrogen) atoms. The number of hydrogen-bond donors (Lipinski definition) is 1. The summed E-state index contributed by atoms with van der Waals surface area (Å²) < 4.78 is 10.8. The molecule has 2 aliphatic heterocycles. The molecule has 1 saturated heterocycles. The van der Waals surface area contributed by atoms with Gasteiger partial charge < -0.3 is 20.1 Å². The molecule has 4 nitrogen and oxygen atoms in total. The highest BCUT2D eigenvalue weighted by Gasteiger charge is 2.27. The number of hydrogen-bond acceptors (Lipinski definition) is 4. The quantitative estimate of drug-likeness (QED) is 0.902. The molecule has 2 atom stereocenters. The molecule has 4 heteroatoms. The normalized spacial score (nSPS) is 24.4. The molecule has 0 bridgehead atoms. The van der Waals surface area contributed by atoms with Crippen LogP contribution in [0.2, 0.25) is 0 Å². The first kappa shape index (κ1) is 12.8. The van der Waals surface area contributed by atoms with Gasteiger partial charge in [-0.3, -0.25) is 0 Å². The van der Waals surface area contributed by atoms with E-state index in [9.17, 15) is 0 Å². The average Bonchev–Trinajstić information content (AvgIpc) is 2.87. The molecule has 2 unspecified atom stereocenters. The van der Waals surface area contributed by atoms with Gasteiger partial charge in [-0.25, -0.2) is 0 Å². The van der Waals surface area contributed by atoms with E-state index >= 15 is 0 Å². The minimum Gasteiger partial charge on any atom is -0.454 e. The highest BCUT2D eigenvalue weighted by molar-refractivity contribution is 5.45. The third-order valence-electron chi connectivity index (χ3n) is 4.31. The van der Waals surface area contributed by atoms with Gasteiger partial charge in [0.1, 0.15) is 0 Å². The lowest BCUT2D eigenvalue weighted by Gasteiger charge is -2.35. The van der Waals surface area contributed by atoms with Crippen LogP contribution in [0.4, 0.5) is 0 Å². The number of fused-ring (bicyclic) bond motifs is 1. The molecule has 0 aromatic heterocycles. The summed E-state index contributed by atoms with van der Waals surface area (Å²) in [5.41, 5.74) is 7.32. The lowest BCUT2D eigenvalue weighted by atomic mass is 9.81. The summed E-state index contributed by atoms with van der Waals surface area (Å²) in [6.07, 6.45) is 2.53. The van der Waals surface area contributed by atoms with Crippen LogP contribution >= 0.6 is 0 Å². The van der Waals surface area contributed by atoms with E-state index < -0.39 is 0 Å². The van der Waals surface area contributed by atoms with Gasteiger partial charge in [0.15, 0.2) is 11.5 Å². The third kappa shape index (κ3) is 2.55. The first-order valence-corrected chi connectivity index (χ1v) is 7.06. The highest BCUT2D eigenvalue weighted by atomic mass is 16.7. The van der Waals surface area contributed by atoms with Gasteiger partial charge in [-0.2, -0.15) is 0 Å². The predicted octanol–water partition coefficient (Wildman–Crippen LogP) is 1.80. The fourth-order valence-corrected chi connectivity index (χ4v) is 3.28. The summed E-state index contributed by atoms with van der Waals surface area (Å²) in [5, 5.41) is 0. The van der Waals surface area contributed by atoms with Crippen molar-refractivity contribution in [2.45, 2.75) is 18.8 Å². The summed E-state index contributed by atoms with van der Waals surface area (Å²) in [4.78, 5) is 2.41. The van der Waals surface area contributed by atoms with Crippen LogP contribution in [0, 0.1) is 5.92 Å². The Kier molecular flexibility index (Phi) is 3.62. The SMILES string of the molecule is CN1CCCC(C(CN)c2ccc3c(c2)OCO3)C1. The predicted molar refractivity (Wildman–Crippen MR) is 74.6 cm³/mol. The summed E-state index contributed by atoms with van der Waals surface area (Å²) >= 11 is 0. The largest absolute Gasteiger partial charge is 0.454 e. The number of piperidine rings is 1. The number of likely N-dealkylation sites (tertiary alicyclic amines) is 1. The van der Waals surface area contributed by atoms with Crippen LogP contribution in [0.5, 0.6) is 11.5 Å². The first-order chi connectivity index (χ1) is 9.28. The molecule has 3 rings (SSSR count). The molecule has 0 aliphatic carbocycles. The topological polar surface area (TPSA) is 47.7 Å². The fraction of sp³-hybridized carbons (Fsp3) is 0.600. The molecule has 2 heterocycles. The maximum atomic E-state index is 6.04. The van der Waals surface area contributed by atoms with Crippen LogP contribution in [0.1, 0.15) is 24.3 Å². The minimum absolute atomic E-state index is 0.332. The molecule has 2 N–H and O–H groups in total. The molecule has 0 saturated carbocycles. The zero-order valence-electron chi connectivity index (χ0n) is 11.5. The molecule has 2 aliphatic rings. The molecule has 1 fully saturated rings. The van der Waals surface area contributed by atoms with Crippen molar-refractivity contribution in [3.8, 4) is 11.5 Å². The van der Waals surface area contributed by atoms with Crippen molar-refractivity contribution < 1.29 is 9.47 Å². The van der Waals surface area contributed by atoms with E-state index in [1.807, 2.05) is 6.07 Å². The van der Waals surface area contributed by atoms with Crippen LogP contribution in [-0.2, 0) is 0 Å². The summed E-state index contributed by atoms with van der Waals surface area (Å²) in [6.45, 7) is 3.36. The van der Waals surface area contributed by atoms with Crippen molar-refractivity contribution in [3.05, 3.63) is 23.8 Å². The lowest BCUT2D eigenvalue weighted by Crippen LogP contribution is -2.37. The van der Waals surface area contributed by atoms with Crippen LogP contribution < -0.4 is 15.2 Å². The van der Waals surface area contributed by atoms with Crippen LogP contribution in [0.25, 0.3) is 0 Å². The van der Waals surface area contributed by atoms with Gasteiger partial charge >= 0.3 is 0 Å². The Morgan fingerprint density at radius 1 is 1.37 bits per heavy atom. The molecular weight excluding hydrogens is 240 g/mol. The van der Waals surface area contributed by atoms with Crippen molar-refractivity contribution >= 4 is 0 Å². The zero-order valence-corrected chi connectivity index (χ0v) is 11.5. The Morgan fingerprint density at radius 3 is 3.00 bits per heavy atom. The van der Waals surface area contributed by atoms with Crippen LogP contribution in [0.3, 0.4) is 0 Å². The van der Waals surface area contributed by atoms with Crippen molar-refractivity contribution in [1.29, 1.82) is 0 Å². The highest BCUT2D eigenvalue weighted by Crippen LogP contribution is 2.37. The zero-order chi connectivity index (χ0) is 13.2. The van der Waals surface area contributed by atoms with Gasteiger partial charge in [0.25, 0.3) is 0 Å². The van der Waals surface area contributed by atoms with E-state index in [2.05, 4.69) is 24.1 Å². The van der Waals surface area contributed by atoms with Crippen molar-refractivity contribution in [2.24, 2.45) is 11.7 Å². The van der Waals surface area contributed by atoms with Gasteiger partial charge in [-0.05, 0) is 56.6 Å². The Labute approximate surface area is 114 Å². The molecule has 1 aromatic carbocycles. The van der Waals surface area contributed by atoms with Crippen molar-refractivity contribution in [3.63, 3.8) is 0 Å². The van der Waals surface area contributed by atoms with E-state index in [1.54, 1.807) is 0 Å². The summed E-state index contributed by atoms with van der Waals surface area (Å²) in [5.74, 6) is 2.77. The minimum atomic E-state index is 0.332. The number of benzene rings is 1. The second-order valence-electron chi connectivity index (χ2n) is 5.62. The van der Waals surface area contributed by atoms with Gasteiger partial charge in [0.2, 0.25) is 6.79 Å². The number of nitrogens with two attached hydrogens (primary N) is 1. The molecule has 0 amide bonds.